The lowest BCUT2D eigenvalue weighted by molar-refractivity contribution is -0.140. The number of rotatable bonds is 9. The quantitative estimate of drug-likeness (QED) is 0.447. The van der Waals surface area contributed by atoms with Gasteiger partial charge in [-0.05, 0) is 84.8 Å². The Bertz CT molecular complexity index is 1110. The van der Waals surface area contributed by atoms with Crippen LogP contribution in [0.3, 0.4) is 0 Å². The van der Waals surface area contributed by atoms with Crippen LogP contribution < -0.4 is 0 Å². The van der Waals surface area contributed by atoms with Gasteiger partial charge in [0.05, 0.1) is 5.69 Å². The summed E-state index contributed by atoms with van der Waals surface area (Å²) in [6, 6.07) is 5.48. The third-order valence-corrected chi connectivity index (χ3v) is 6.42. The third-order valence-electron chi connectivity index (χ3n) is 6.42. The number of carboxylic acids is 1. The Kier molecular flexibility index (Phi) is 8.53. The van der Waals surface area contributed by atoms with Crippen molar-refractivity contribution in [2.24, 2.45) is 11.8 Å². The van der Waals surface area contributed by atoms with Crippen LogP contribution in [-0.4, -0.2) is 60.4 Å². The molecule has 3 rings (SSSR count). The van der Waals surface area contributed by atoms with Gasteiger partial charge in [0.1, 0.15) is 28.8 Å². The van der Waals surface area contributed by atoms with E-state index in [-0.39, 0.29) is 18.4 Å². The first-order valence-corrected chi connectivity index (χ1v) is 13.1. The standard InChI is InChI=1S/C28H40N4O6/c1-8-11-19(16-32(24(35)37-26(2,3)4)25(36)38-27(5,6)7)14-20-15-28(20,23(33)34)21-17-31(18-30-21)22-12-9-10-13-29-22/h9-10,12-13,17-20H,8,11,14-16H2,1-7H3,(H,33,34)/t19-,20-,28+/m1/s1. The maximum absolute atomic E-state index is 13.0. The summed E-state index contributed by atoms with van der Waals surface area (Å²) in [5.74, 6) is -0.606. The van der Waals surface area contributed by atoms with Crippen LogP contribution in [-0.2, 0) is 19.7 Å². The Morgan fingerprint density at radius 2 is 1.74 bits per heavy atom. The molecular formula is C28H40N4O6. The minimum atomic E-state index is -1.12. The highest BCUT2D eigenvalue weighted by Gasteiger charge is 2.63. The summed E-state index contributed by atoms with van der Waals surface area (Å²) in [6.45, 7) is 12.5. The van der Waals surface area contributed by atoms with Crippen LogP contribution in [0.15, 0.2) is 36.9 Å². The van der Waals surface area contributed by atoms with Crippen molar-refractivity contribution in [3.05, 3.63) is 42.6 Å². The first-order chi connectivity index (χ1) is 17.7. The van der Waals surface area contributed by atoms with Gasteiger partial charge in [-0.25, -0.2) is 24.5 Å². The zero-order valence-corrected chi connectivity index (χ0v) is 23.4. The van der Waals surface area contributed by atoms with E-state index in [1.165, 1.54) is 0 Å². The van der Waals surface area contributed by atoms with E-state index in [2.05, 4.69) is 9.97 Å². The van der Waals surface area contributed by atoms with Gasteiger partial charge in [-0.15, -0.1) is 0 Å². The van der Waals surface area contributed by atoms with E-state index in [1.807, 2.05) is 25.1 Å². The Hall–Kier alpha value is -3.43. The lowest BCUT2D eigenvalue weighted by Crippen LogP contribution is -2.45. The van der Waals surface area contributed by atoms with Gasteiger partial charge in [-0.1, -0.05) is 19.4 Å². The van der Waals surface area contributed by atoms with Crippen molar-refractivity contribution >= 4 is 18.2 Å². The number of nitrogens with zero attached hydrogens (tertiary/aromatic N) is 4. The highest BCUT2D eigenvalue weighted by molar-refractivity contribution is 5.88. The Balaban J connectivity index is 1.81. The molecule has 1 saturated carbocycles. The van der Waals surface area contributed by atoms with E-state index in [1.54, 1.807) is 64.8 Å². The molecule has 0 aromatic carbocycles. The lowest BCUT2D eigenvalue weighted by Gasteiger charge is -2.31. The van der Waals surface area contributed by atoms with Crippen molar-refractivity contribution in [2.75, 3.05) is 6.54 Å². The fraction of sp³-hybridized carbons (Fsp3) is 0.607. The van der Waals surface area contributed by atoms with Gasteiger partial charge in [-0.2, -0.15) is 0 Å². The van der Waals surface area contributed by atoms with Gasteiger partial charge in [0, 0.05) is 18.9 Å². The van der Waals surface area contributed by atoms with Crippen LogP contribution in [0.4, 0.5) is 9.59 Å². The SMILES string of the molecule is CCC[C@H](C[C@@H]1C[C@@]1(C(=O)O)c1cn(-c2ccccn2)cn1)CN(C(=O)OC(C)(C)C)C(=O)OC(C)(C)C. The van der Waals surface area contributed by atoms with E-state index in [0.29, 0.717) is 30.8 Å². The maximum Gasteiger partial charge on any atom is 0.419 e. The first kappa shape index (κ1) is 29.1. The predicted octanol–water partition coefficient (Wildman–Crippen LogP) is 5.59. The summed E-state index contributed by atoms with van der Waals surface area (Å²) in [5.41, 5.74) is -2.22. The van der Waals surface area contributed by atoms with Gasteiger partial charge < -0.3 is 14.6 Å². The second-order valence-electron chi connectivity index (χ2n) is 12.0. The van der Waals surface area contributed by atoms with E-state index in [4.69, 9.17) is 9.47 Å². The molecule has 0 saturated heterocycles. The number of carboxylic acid groups (broad SMARTS) is 1. The normalized spacial score (nSPS) is 19.9. The zero-order chi connectivity index (χ0) is 28.3. The summed E-state index contributed by atoms with van der Waals surface area (Å²) in [5, 5.41) is 10.2. The molecule has 2 heterocycles. The number of aromatic nitrogens is 3. The number of hydrogen-bond donors (Lipinski definition) is 1. The van der Waals surface area contributed by atoms with Crippen LogP contribution in [0.1, 0.15) is 79.8 Å². The van der Waals surface area contributed by atoms with Gasteiger partial charge >= 0.3 is 18.2 Å². The second-order valence-corrected chi connectivity index (χ2v) is 12.0. The number of ether oxygens (including phenoxy) is 2. The first-order valence-electron chi connectivity index (χ1n) is 13.1. The third kappa shape index (κ3) is 7.11. The number of pyridine rings is 1. The average Bonchev–Trinajstić information content (AvgIpc) is 3.30. The fourth-order valence-corrected chi connectivity index (χ4v) is 4.69. The molecule has 3 atom stereocenters. The number of aliphatic carboxylic acids is 1. The molecular weight excluding hydrogens is 488 g/mol. The summed E-state index contributed by atoms with van der Waals surface area (Å²) < 4.78 is 12.7. The lowest BCUT2D eigenvalue weighted by atomic mass is 9.91. The van der Waals surface area contributed by atoms with Crippen LogP contribution >= 0.6 is 0 Å². The minimum absolute atomic E-state index is 0.0756. The molecule has 0 radical (unpaired) electrons. The number of imidazole rings is 1. The molecule has 1 N–H and O–H groups in total. The second kappa shape index (κ2) is 11.1. The van der Waals surface area contributed by atoms with Crippen LogP contribution in [0, 0.1) is 11.8 Å². The van der Waals surface area contributed by atoms with Crippen molar-refractivity contribution in [1.82, 2.24) is 19.4 Å². The molecule has 1 aliphatic carbocycles. The summed E-state index contributed by atoms with van der Waals surface area (Å²) in [6.07, 6.45) is 5.87. The topological polar surface area (TPSA) is 124 Å². The molecule has 0 aliphatic heterocycles. The highest BCUT2D eigenvalue weighted by Crippen LogP contribution is 2.57. The maximum atomic E-state index is 13.0. The zero-order valence-electron chi connectivity index (χ0n) is 23.4. The van der Waals surface area contributed by atoms with Gasteiger partial charge in [0.25, 0.3) is 0 Å². The van der Waals surface area contributed by atoms with Gasteiger partial charge in [-0.3, -0.25) is 9.36 Å². The van der Waals surface area contributed by atoms with E-state index >= 15 is 0 Å². The number of hydrogen-bond acceptors (Lipinski definition) is 7. The van der Waals surface area contributed by atoms with Crippen LogP contribution in [0.5, 0.6) is 0 Å². The molecule has 2 aromatic rings. The summed E-state index contributed by atoms with van der Waals surface area (Å²) in [4.78, 5) is 48.3. The Labute approximate surface area is 224 Å². The van der Waals surface area contributed by atoms with E-state index < -0.39 is 34.8 Å². The van der Waals surface area contributed by atoms with E-state index in [0.717, 1.165) is 11.3 Å². The molecule has 208 valence electrons. The van der Waals surface area contributed by atoms with Crippen molar-refractivity contribution < 1.29 is 29.0 Å². The monoisotopic (exact) mass is 528 g/mol. The summed E-state index contributed by atoms with van der Waals surface area (Å²) >= 11 is 0. The van der Waals surface area contributed by atoms with Crippen molar-refractivity contribution in [2.45, 2.75) is 90.8 Å². The summed E-state index contributed by atoms with van der Waals surface area (Å²) in [7, 11) is 0. The minimum Gasteiger partial charge on any atom is -0.481 e. The van der Waals surface area contributed by atoms with Crippen LogP contribution in [0.25, 0.3) is 5.82 Å². The molecule has 0 spiro atoms. The molecule has 10 heteroatoms. The van der Waals surface area contributed by atoms with Crippen LogP contribution in [0.2, 0.25) is 0 Å². The van der Waals surface area contributed by atoms with Crippen molar-refractivity contribution in [3.8, 4) is 5.82 Å². The predicted molar refractivity (Wildman–Crippen MR) is 141 cm³/mol. The fourth-order valence-electron chi connectivity index (χ4n) is 4.69. The Morgan fingerprint density at radius 1 is 1.11 bits per heavy atom. The largest absolute Gasteiger partial charge is 0.481 e. The molecule has 10 nitrogen and oxygen atoms in total. The molecule has 38 heavy (non-hydrogen) atoms. The number of imide groups is 1. The van der Waals surface area contributed by atoms with Crippen molar-refractivity contribution in [3.63, 3.8) is 0 Å². The number of carbonyl (C=O) groups is 3. The van der Waals surface area contributed by atoms with E-state index in [9.17, 15) is 19.5 Å². The average molecular weight is 529 g/mol. The number of amides is 2. The molecule has 0 bridgehead atoms. The molecule has 2 aromatic heterocycles. The Morgan fingerprint density at radius 3 is 2.24 bits per heavy atom. The molecule has 1 fully saturated rings. The molecule has 0 unspecified atom stereocenters. The molecule has 2 amide bonds. The van der Waals surface area contributed by atoms with Crippen molar-refractivity contribution in [1.29, 1.82) is 0 Å². The highest BCUT2D eigenvalue weighted by atomic mass is 16.6. The van der Waals surface area contributed by atoms with Gasteiger partial charge in [0.2, 0.25) is 0 Å². The smallest absolute Gasteiger partial charge is 0.419 e. The van der Waals surface area contributed by atoms with Gasteiger partial charge in [0.15, 0.2) is 0 Å². The number of carbonyl (C=O) groups excluding carboxylic acids is 2. The molecule has 1 aliphatic rings.